The number of halogens is 2. The monoisotopic (exact) mass is 277 g/mol. The molecular weight excluding hydrogens is 268 g/mol. The van der Waals surface area contributed by atoms with E-state index in [-0.39, 0.29) is 22.6 Å². The Labute approximate surface area is 112 Å². The average Bonchev–Trinajstić information content (AvgIpc) is 2.77. The zero-order chi connectivity index (χ0) is 14.9. The lowest BCUT2D eigenvalue weighted by Crippen LogP contribution is -2.12. The Kier molecular flexibility index (Phi) is 3.39. The summed E-state index contributed by atoms with van der Waals surface area (Å²) in [6.07, 6.45) is 1.15. The first-order valence-electron chi connectivity index (χ1n) is 5.44. The van der Waals surface area contributed by atoms with Crippen molar-refractivity contribution in [2.45, 2.75) is 0 Å². The minimum Gasteiger partial charge on any atom is -0.464 e. The zero-order valence-electron chi connectivity index (χ0n) is 10.4. The molecule has 0 saturated heterocycles. The molecule has 5 nitrogen and oxygen atoms in total. The minimum absolute atomic E-state index is 0.0333. The fourth-order valence-electron chi connectivity index (χ4n) is 1.78. The van der Waals surface area contributed by atoms with Crippen LogP contribution in [0.5, 0.6) is 0 Å². The molecule has 2 N–H and O–H groups in total. The highest BCUT2D eigenvalue weighted by atomic mass is 19.1. The average molecular weight is 277 g/mol. The van der Waals surface area contributed by atoms with Crippen LogP contribution in [0.4, 0.5) is 14.5 Å². The first kappa shape index (κ1) is 13.5. The molecule has 0 fully saturated rings. The fourth-order valence-corrected chi connectivity index (χ4v) is 1.78. The van der Waals surface area contributed by atoms with E-state index in [1.54, 1.807) is 6.07 Å². The number of esters is 1. The van der Waals surface area contributed by atoms with Crippen LogP contribution in [-0.4, -0.2) is 17.6 Å². The molecule has 20 heavy (non-hydrogen) atoms. The molecule has 0 aliphatic carbocycles. The van der Waals surface area contributed by atoms with Gasteiger partial charge in [0.25, 0.3) is 0 Å². The normalized spacial score (nSPS) is 10.1. The minimum atomic E-state index is -0.854. The third kappa shape index (κ3) is 2.07. The van der Waals surface area contributed by atoms with Gasteiger partial charge in [0.05, 0.1) is 24.0 Å². The number of hydrogen-bond donors (Lipinski definition) is 1. The van der Waals surface area contributed by atoms with Crippen molar-refractivity contribution in [3.05, 3.63) is 47.3 Å². The van der Waals surface area contributed by atoms with E-state index in [9.17, 15) is 13.6 Å². The molecule has 1 aromatic carbocycles. The smallest absolute Gasteiger partial charge is 0.357 e. The van der Waals surface area contributed by atoms with Crippen LogP contribution >= 0.6 is 0 Å². The predicted octanol–water partition coefficient (Wildman–Crippen LogP) is 2.00. The molecule has 0 spiro atoms. The summed E-state index contributed by atoms with van der Waals surface area (Å²) < 4.78 is 32.6. The molecule has 1 aromatic heterocycles. The highest BCUT2D eigenvalue weighted by molar-refractivity contribution is 5.95. The Morgan fingerprint density at radius 3 is 2.75 bits per heavy atom. The van der Waals surface area contributed by atoms with Gasteiger partial charge in [-0.15, -0.1) is 0 Å². The second-order valence-electron chi connectivity index (χ2n) is 3.87. The van der Waals surface area contributed by atoms with Gasteiger partial charge in [-0.25, -0.2) is 13.6 Å². The summed E-state index contributed by atoms with van der Waals surface area (Å²) in [4.78, 5) is 11.7. The SMILES string of the molecule is COC(=O)c1c(N)c(C#N)cn1-c1cc(F)ccc1F. The lowest BCUT2D eigenvalue weighted by Gasteiger charge is -2.09. The third-order valence-corrected chi connectivity index (χ3v) is 2.71. The molecule has 1 heterocycles. The molecule has 0 aliphatic rings. The van der Waals surface area contributed by atoms with Gasteiger partial charge in [0.2, 0.25) is 0 Å². The standard InChI is InChI=1S/C13H9F2N3O2/c1-20-13(19)12-11(17)7(5-16)6-18(12)10-4-8(14)2-3-9(10)15/h2-4,6H,17H2,1H3. The van der Waals surface area contributed by atoms with Gasteiger partial charge < -0.3 is 15.0 Å². The largest absolute Gasteiger partial charge is 0.464 e. The Balaban J connectivity index is 2.77. The van der Waals surface area contributed by atoms with Crippen LogP contribution in [0.2, 0.25) is 0 Å². The number of carbonyl (C=O) groups excluding carboxylic acids is 1. The van der Waals surface area contributed by atoms with Crippen LogP contribution < -0.4 is 5.73 Å². The van der Waals surface area contributed by atoms with Crippen molar-refractivity contribution in [2.75, 3.05) is 12.8 Å². The number of nitrogen functional groups attached to an aromatic ring is 1. The van der Waals surface area contributed by atoms with Gasteiger partial charge in [-0.05, 0) is 12.1 Å². The second-order valence-corrected chi connectivity index (χ2v) is 3.87. The van der Waals surface area contributed by atoms with E-state index in [1.165, 1.54) is 0 Å². The van der Waals surface area contributed by atoms with Crippen molar-refractivity contribution in [3.8, 4) is 11.8 Å². The van der Waals surface area contributed by atoms with Crippen LogP contribution in [0, 0.1) is 23.0 Å². The van der Waals surface area contributed by atoms with Crippen LogP contribution in [-0.2, 0) is 4.74 Å². The number of methoxy groups -OCH3 is 1. The van der Waals surface area contributed by atoms with Crippen LogP contribution in [0.3, 0.4) is 0 Å². The predicted molar refractivity (Wildman–Crippen MR) is 66.2 cm³/mol. The van der Waals surface area contributed by atoms with E-state index in [0.29, 0.717) is 0 Å². The summed E-state index contributed by atoms with van der Waals surface area (Å²) in [6, 6.07) is 4.51. The Morgan fingerprint density at radius 2 is 2.15 bits per heavy atom. The second kappa shape index (κ2) is 5.01. The fraction of sp³-hybridized carbons (Fsp3) is 0.0769. The molecule has 0 amide bonds. The third-order valence-electron chi connectivity index (χ3n) is 2.71. The van der Waals surface area contributed by atoms with Crippen LogP contribution in [0.1, 0.15) is 16.1 Å². The summed E-state index contributed by atoms with van der Waals surface area (Å²) >= 11 is 0. The molecule has 102 valence electrons. The Morgan fingerprint density at radius 1 is 1.45 bits per heavy atom. The van der Waals surface area contributed by atoms with Gasteiger partial charge in [-0.3, -0.25) is 0 Å². The molecule has 7 heteroatoms. The van der Waals surface area contributed by atoms with Crippen LogP contribution in [0.25, 0.3) is 5.69 Å². The Hall–Kier alpha value is -2.88. The molecule has 0 saturated carbocycles. The number of benzene rings is 1. The van der Waals surface area contributed by atoms with Gasteiger partial charge in [0, 0.05) is 12.3 Å². The van der Waals surface area contributed by atoms with Crippen molar-refractivity contribution in [1.82, 2.24) is 4.57 Å². The van der Waals surface area contributed by atoms with Gasteiger partial charge in [0.15, 0.2) is 5.69 Å². The van der Waals surface area contributed by atoms with E-state index < -0.39 is 17.6 Å². The number of nitriles is 1. The topological polar surface area (TPSA) is 81.0 Å². The zero-order valence-corrected chi connectivity index (χ0v) is 10.4. The van der Waals surface area contributed by atoms with Crippen molar-refractivity contribution < 1.29 is 18.3 Å². The molecule has 0 aliphatic heterocycles. The number of ether oxygens (including phenoxy) is 1. The number of hydrogen-bond acceptors (Lipinski definition) is 4. The molecule has 0 bridgehead atoms. The highest BCUT2D eigenvalue weighted by Gasteiger charge is 2.23. The van der Waals surface area contributed by atoms with E-state index in [4.69, 9.17) is 11.0 Å². The van der Waals surface area contributed by atoms with E-state index in [0.717, 1.165) is 36.1 Å². The molecule has 0 atom stereocenters. The number of nitrogens with zero attached hydrogens (tertiary/aromatic N) is 2. The summed E-state index contributed by atoms with van der Waals surface area (Å²) in [7, 11) is 1.12. The lowest BCUT2D eigenvalue weighted by atomic mass is 10.2. The maximum atomic E-state index is 13.8. The summed E-state index contributed by atoms with van der Waals surface area (Å²) in [5.41, 5.74) is 5.01. The van der Waals surface area contributed by atoms with Gasteiger partial charge in [0.1, 0.15) is 17.7 Å². The maximum absolute atomic E-state index is 13.8. The molecule has 2 rings (SSSR count). The van der Waals surface area contributed by atoms with Crippen LogP contribution in [0.15, 0.2) is 24.4 Å². The Bertz CT molecular complexity index is 732. The summed E-state index contributed by atoms with van der Waals surface area (Å²) in [5, 5.41) is 8.92. The first-order chi connectivity index (χ1) is 9.49. The number of anilines is 1. The highest BCUT2D eigenvalue weighted by Crippen LogP contribution is 2.26. The number of carbonyl (C=O) groups is 1. The van der Waals surface area contributed by atoms with Gasteiger partial charge in [-0.2, -0.15) is 5.26 Å². The first-order valence-corrected chi connectivity index (χ1v) is 5.44. The quantitative estimate of drug-likeness (QED) is 0.851. The number of aromatic nitrogens is 1. The van der Waals surface area contributed by atoms with Gasteiger partial charge in [-0.1, -0.05) is 0 Å². The van der Waals surface area contributed by atoms with E-state index in [2.05, 4.69) is 4.74 Å². The molecule has 0 unspecified atom stereocenters. The van der Waals surface area contributed by atoms with Crippen molar-refractivity contribution in [3.63, 3.8) is 0 Å². The van der Waals surface area contributed by atoms with Gasteiger partial charge >= 0.3 is 5.97 Å². The number of nitrogens with two attached hydrogens (primary N) is 1. The van der Waals surface area contributed by atoms with E-state index in [1.807, 2.05) is 0 Å². The molecule has 0 radical (unpaired) electrons. The lowest BCUT2D eigenvalue weighted by molar-refractivity contribution is 0.0593. The number of rotatable bonds is 2. The van der Waals surface area contributed by atoms with Crippen molar-refractivity contribution >= 4 is 11.7 Å². The molecular formula is C13H9F2N3O2. The van der Waals surface area contributed by atoms with E-state index >= 15 is 0 Å². The summed E-state index contributed by atoms with van der Waals surface area (Å²) in [5.74, 6) is -2.31. The maximum Gasteiger partial charge on any atom is 0.357 e. The molecule has 2 aromatic rings. The summed E-state index contributed by atoms with van der Waals surface area (Å²) in [6.45, 7) is 0. The van der Waals surface area contributed by atoms with Crippen molar-refractivity contribution in [2.24, 2.45) is 0 Å². The van der Waals surface area contributed by atoms with Crippen molar-refractivity contribution in [1.29, 1.82) is 5.26 Å².